The molecule has 0 bridgehead atoms. The summed E-state index contributed by atoms with van der Waals surface area (Å²) >= 11 is 8.26. The number of nitrogens with two attached hydrogens (primary N) is 1. The molecule has 6 rings (SSSR count). The summed E-state index contributed by atoms with van der Waals surface area (Å²) in [5.74, 6) is 0.371. The van der Waals surface area contributed by atoms with Gasteiger partial charge in [0.25, 0.3) is 5.91 Å². The van der Waals surface area contributed by atoms with E-state index in [1.54, 1.807) is 60.5 Å². The van der Waals surface area contributed by atoms with Gasteiger partial charge in [-0.25, -0.2) is 15.0 Å². The van der Waals surface area contributed by atoms with E-state index in [1.807, 2.05) is 32.3 Å². The summed E-state index contributed by atoms with van der Waals surface area (Å²) in [4.78, 5) is 26.1. The molecule has 0 aliphatic carbocycles. The fourth-order valence-corrected chi connectivity index (χ4v) is 6.44. The van der Waals surface area contributed by atoms with Gasteiger partial charge in [-0.15, -0.1) is 11.3 Å². The molecular formula is C33H25ClN8O2S. The summed E-state index contributed by atoms with van der Waals surface area (Å²) < 4.78 is 8.47. The molecule has 1 amide bonds. The first-order valence-electron chi connectivity index (χ1n) is 13.6. The third-order valence-electron chi connectivity index (χ3n) is 6.98. The van der Waals surface area contributed by atoms with Crippen LogP contribution >= 0.6 is 22.9 Å². The molecule has 0 saturated carbocycles. The van der Waals surface area contributed by atoms with E-state index in [1.165, 1.54) is 11.3 Å². The Morgan fingerprint density at radius 3 is 2.64 bits per heavy atom. The zero-order valence-corrected chi connectivity index (χ0v) is 26.0. The summed E-state index contributed by atoms with van der Waals surface area (Å²) in [6, 6.07) is 14.8. The summed E-state index contributed by atoms with van der Waals surface area (Å²) in [5, 5.41) is 18.4. The second-order valence-corrected chi connectivity index (χ2v) is 11.7. The van der Waals surface area contributed by atoms with Crippen LogP contribution in [0.4, 0.5) is 11.5 Å². The van der Waals surface area contributed by atoms with E-state index in [0.29, 0.717) is 44.4 Å². The fourth-order valence-electron chi connectivity index (χ4n) is 4.82. The number of anilines is 2. The number of aromatic nitrogens is 5. The van der Waals surface area contributed by atoms with Crippen molar-refractivity contribution < 1.29 is 9.53 Å². The number of carbonyl (C=O) groups is 1. The van der Waals surface area contributed by atoms with Crippen molar-refractivity contribution in [3.05, 3.63) is 95.7 Å². The Hall–Kier alpha value is -5.57. The van der Waals surface area contributed by atoms with Crippen LogP contribution in [0.15, 0.2) is 79.4 Å². The van der Waals surface area contributed by atoms with Gasteiger partial charge in [0.1, 0.15) is 11.6 Å². The van der Waals surface area contributed by atoms with E-state index in [0.717, 1.165) is 37.5 Å². The number of hydrogen-bond donors (Lipinski definition) is 2. The quantitative estimate of drug-likeness (QED) is 0.172. The number of rotatable bonds is 7. The molecule has 10 nitrogen and oxygen atoms in total. The highest BCUT2D eigenvalue weighted by Gasteiger charge is 2.24. The van der Waals surface area contributed by atoms with Crippen molar-refractivity contribution in [3.8, 4) is 50.5 Å². The number of nitrogens with zero attached hydrogens (tertiary/aromatic N) is 6. The Labute approximate surface area is 267 Å². The zero-order chi connectivity index (χ0) is 31.8. The number of nitriles is 1. The third kappa shape index (κ3) is 5.72. The Balaban J connectivity index is 1.56. The molecule has 0 radical (unpaired) electrons. The van der Waals surface area contributed by atoms with E-state index < -0.39 is 0 Å². The number of pyridine rings is 1. The minimum Gasteiger partial charge on any atom is -0.423 e. The molecule has 0 spiro atoms. The van der Waals surface area contributed by atoms with E-state index in [-0.39, 0.29) is 11.9 Å². The number of thiophene rings is 1. The van der Waals surface area contributed by atoms with Crippen molar-refractivity contribution in [1.82, 2.24) is 24.7 Å². The van der Waals surface area contributed by atoms with E-state index in [4.69, 9.17) is 22.1 Å². The van der Waals surface area contributed by atoms with Crippen LogP contribution < -0.4 is 15.8 Å². The summed E-state index contributed by atoms with van der Waals surface area (Å²) in [6.45, 7) is 7.15. The molecule has 12 heteroatoms. The molecule has 222 valence electrons. The second kappa shape index (κ2) is 11.8. The maximum Gasteiger partial charge on any atom is 0.322 e. The standard InChI is InChI=1S/C33H25ClN8O2S/c1-17(2)32(43)41-22-6-7-23(20(11-22)13-35)29-27(19-5-8-26(25(34)12-19)44-33-37-10-9-18(3)40-33)28-30(45-29)24(15-38-31(28)36)21-14-39-42(4)16-21/h5-12,14-16H,1H2,2-4H3,(H2,36,38)(H,41,43). The minimum atomic E-state index is -0.331. The van der Waals surface area contributed by atoms with Crippen LogP contribution in [0.5, 0.6) is 11.8 Å². The third-order valence-corrected chi connectivity index (χ3v) is 8.53. The number of amides is 1. The van der Waals surface area contributed by atoms with Crippen LogP contribution in [0.25, 0.3) is 42.8 Å². The van der Waals surface area contributed by atoms with Crippen molar-refractivity contribution in [3.63, 3.8) is 0 Å². The number of nitrogens with one attached hydrogen (secondary N) is 1. The Kier molecular flexibility index (Phi) is 7.76. The van der Waals surface area contributed by atoms with E-state index in [2.05, 4.69) is 38.0 Å². The molecule has 0 saturated heterocycles. The predicted molar refractivity (Wildman–Crippen MR) is 177 cm³/mol. The zero-order valence-electron chi connectivity index (χ0n) is 24.4. The van der Waals surface area contributed by atoms with Crippen LogP contribution in [0.2, 0.25) is 5.02 Å². The number of hydrogen-bond acceptors (Lipinski definition) is 9. The molecule has 2 aromatic carbocycles. The minimum absolute atomic E-state index is 0.179. The predicted octanol–water partition coefficient (Wildman–Crippen LogP) is 7.54. The highest BCUT2D eigenvalue weighted by atomic mass is 35.5. The van der Waals surface area contributed by atoms with Crippen LogP contribution in [-0.2, 0) is 11.8 Å². The maximum atomic E-state index is 12.3. The lowest BCUT2D eigenvalue weighted by molar-refractivity contribution is -0.112. The highest BCUT2D eigenvalue weighted by Crippen LogP contribution is 2.51. The van der Waals surface area contributed by atoms with Gasteiger partial charge in [-0.1, -0.05) is 30.3 Å². The molecule has 0 unspecified atom stereocenters. The van der Waals surface area contributed by atoms with Gasteiger partial charge in [0.05, 0.1) is 22.9 Å². The number of carbonyl (C=O) groups excluding carboxylic acids is 1. The van der Waals surface area contributed by atoms with Crippen LogP contribution in [0.1, 0.15) is 18.2 Å². The Morgan fingerprint density at radius 2 is 1.96 bits per heavy atom. The van der Waals surface area contributed by atoms with Crippen molar-refractivity contribution in [2.45, 2.75) is 13.8 Å². The first-order chi connectivity index (χ1) is 21.6. The first-order valence-corrected chi connectivity index (χ1v) is 14.8. The number of halogens is 1. The lowest BCUT2D eigenvalue weighted by Crippen LogP contribution is -2.11. The molecular weight excluding hydrogens is 608 g/mol. The topological polar surface area (TPSA) is 145 Å². The van der Waals surface area contributed by atoms with E-state index in [9.17, 15) is 10.1 Å². The first kappa shape index (κ1) is 29.5. The lowest BCUT2D eigenvalue weighted by atomic mass is 9.95. The number of aryl methyl sites for hydroxylation is 2. The lowest BCUT2D eigenvalue weighted by Gasteiger charge is -2.12. The molecule has 4 heterocycles. The molecule has 0 aliphatic heterocycles. The van der Waals surface area contributed by atoms with Crippen LogP contribution in [-0.4, -0.2) is 30.6 Å². The van der Waals surface area contributed by atoms with Crippen molar-refractivity contribution >= 4 is 50.4 Å². The Bertz CT molecular complexity index is 2200. The van der Waals surface area contributed by atoms with E-state index >= 15 is 0 Å². The summed E-state index contributed by atoms with van der Waals surface area (Å²) in [5.41, 5.74) is 12.4. The molecule has 45 heavy (non-hydrogen) atoms. The molecule has 4 aromatic heterocycles. The van der Waals surface area contributed by atoms with Gasteiger partial charge in [0.2, 0.25) is 0 Å². The van der Waals surface area contributed by atoms with Gasteiger partial charge in [0, 0.05) is 79.8 Å². The average molecular weight is 633 g/mol. The highest BCUT2D eigenvalue weighted by molar-refractivity contribution is 7.23. The SMILES string of the molecule is C=C(C)C(=O)Nc1ccc(-c2sc3c(-c4cnn(C)c4)cnc(N)c3c2-c2ccc(Oc3nccc(C)n3)c(Cl)c2)c(C#N)c1. The molecule has 0 aliphatic rings. The monoisotopic (exact) mass is 632 g/mol. The number of nitrogen functional groups attached to an aromatic ring is 1. The molecule has 0 fully saturated rings. The van der Waals surface area contributed by atoms with Gasteiger partial charge in [-0.2, -0.15) is 10.4 Å². The van der Waals surface area contributed by atoms with Gasteiger partial charge in [0.15, 0.2) is 0 Å². The molecule has 3 N–H and O–H groups in total. The smallest absolute Gasteiger partial charge is 0.322 e. The van der Waals surface area contributed by atoms with Crippen molar-refractivity contribution in [2.24, 2.45) is 7.05 Å². The number of benzene rings is 2. The number of ether oxygens (including phenoxy) is 1. The Morgan fingerprint density at radius 1 is 1.13 bits per heavy atom. The maximum absolute atomic E-state index is 12.3. The fraction of sp³-hybridized carbons (Fsp3) is 0.0909. The van der Waals surface area contributed by atoms with Gasteiger partial charge >= 0.3 is 6.01 Å². The largest absolute Gasteiger partial charge is 0.423 e. The van der Waals surface area contributed by atoms with Crippen molar-refractivity contribution in [1.29, 1.82) is 5.26 Å². The van der Waals surface area contributed by atoms with Gasteiger partial charge < -0.3 is 15.8 Å². The van der Waals surface area contributed by atoms with Gasteiger partial charge in [-0.3, -0.25) is 9.48 Å². The average Bonchev–Trinajstić information content (AvgIpc) is 3.63. The van der Waals surface area contributed by atoms with Gasteiger partial charge in [-0.05, 0) is 49.7 Å². The van der Waals surface area contributed by atoms with Crippen LogP contribution in [0.3, 0.4) is 0 Å². The normalized spacial score (nSPS) is 10.9. The summed E-state index contributed by atoms with van der Waals surface area (Å²) in [7, 11) is 1.84. The molecule has 0 atom stereocenters. The van der Waals surface area contributed by atoms with Crippen LogP contribution in [0, 0.1) is 18.3 Å². The number of fused-ring (bicyclic) bond motifs is 1. The second-order valence-electron chi connectivity index (χ2n) is 10.3. The summed E-state index contributed by atoms with van der Waals surface area (Å²) in [6.07, 6.45) is 7.01. The molecule has 6 aromatic rings. The van der Waals surface area contributed by atoms with Crippen molar-refractivity contribution in [2.75, 3.05) is 11.1 Å².